The van der Waals surface area contributed by atoms with Crippen LogP contribution in [0.2, 0.25) is 0 Å². The summed E-state index contributed by atoms with van der Waals surface area (Å²) in [6.45, 7) is 10.3. The van der Waals surface area contributed by atoms with Crippen molar-refractivity contribution in [2.45, 2.75) is 259 Å². The smallest absolute Gasteiger partial charge is 0.305 e. The van der Waals surface area contributed by atoms with Crippen LogP contribution in [0.15, 0.2) is 0 Å². The van der Waals surface area contributed by atoms with Crippen molar-refractivity contribution in [2.75, 3.05) is 13.2 Å². The molecule has 0 rings (SSSR count). The van der Waals surface area contributed by atoms with Gasteiger partial charge in [-0.15, -0.1) is 0 Å². The van der Waals surface area contributed by atoms with Crippen LogP contribution in [0.3, 0.4) is 0 Å². The summed E-state index contributed by atoms with van der Waals surface area (Å²) in [6, 6.07) is 0. The lowest BCUT2D eigenvalue weighted by molar-refractivity contribution is -0.146. The van der Waals surface area contributed by atoms with Crippen molar-refractivity contribution in [3.63, 3.8) is 0 Å². The topological polar surface area (TPSA) is 52.6 Å². The van der Waals surface area contributed by atoms with Crippen molar-refractivity contribution in [3.05, 3.63) is 0 Å². The number of unbranched alkanes of at least 4 members (excludes halogenated alkanes) is 25. The molecular formula is C46H90O4. The number of hydrogen-bond acceptors (Lipinski definition) is 4. The molecule has 0 radical (unpaired) electrons. The first-order valence-corrected chi connectivity index (χ1v) is 22.9. The Bertz CT molecular complexity index is 602. The van der Waals surface area contributed by atoms with Crippen LogP contribution in [0.5, 0.6) is 0 Å². The Morgan fingerprint density at radius 1 is 0.320 bits per heavy atom. The van der Waals surface area contributed by atoms with Gasteiger partial charge in [-0.3, -0.25) is 9.59 Å². The third-order valence-corrected chi connectivity index (χ3v) is 10.8. The summed E-state index contributed by atoms with van der Waals surface area (Å²) in [5.41, 5.74) is 0. The molecule has 50 heavy (non-hydrogen) atoms. The molecule has 0 bridgehead atoms. The lowest BCUT2D eigenvalue weighted by atomic mass is 9.94. The summed E-state index contributed by atoms with van der Waals surface area (Å²) in [4.78, 5) is 25.0. The minimum absolute atomic E-state index is 0.00470. The quantitative estimate of drug-likeness (QED) is 0.0469. The molecule has 0 fully saturated rings. The van der Waals surface area contributed by atoms with Gasteiger partial charge >= 0.3 is 11.9 Å². The van der Waals surface area contributed by atoms with E-state index in [-0.39, 0.29) is 11.9 Å². The van der Waals surface area contributed by atoms with Crippen molar-refractivity contribution in [1.29, 1.82) is 0 Å². The Labute approximate surface area is 314 Å². The second kappa shape index (κ2) is 40.7. The normalized spacial score (nSPS) is 11.6. The van der Waals surface area contributed by atoms with E-state index < -0.39 is 0 Å². The number of rotatable bonds is 41. The van der Waals surface area contributed by atoms with E-state index in [1.54, 1.807) is 0 Å². The SMILES string of the molecule is CCCCCCCCC(CCCCCCCC)COC(=O)CCCCCCCCC(=O)OCC(CCCCCCCC)CCCCCCCC. The molecule has 0 heterocycles. The Kier molecular flexibility index (Phi) is 39.8. The van der Waals surface area contributed by atoms with Gasteiger partial charge in [0.25, 0.3) is 0 Å². The lowest BCUT2D eigenvalue weighted by Gasteiger charge is -2.17. The van der Waals surface area contributed by atoms with E-state index in [1.807, 2.05) is 0 Å². The average Bonchev–Trinajstić information content (AvgIpc) is 3.12. The zero-order chi connectivity index (χ0) is 36.6. The van der Waals surface area contributed by atoms with E-state index in [0.29, 0.717) is 37.9 Å². The fourth-order valence-corrected chi connectivity index (χ4v) is 7.29. The van der Waals surface area contributed by atoms with Crippen LogP contribution < -0.4 is 0 Å². The number of esters is 2. The van der Waals surface area contributed by atoms with Crippen LogP contribution >= 0.6 is 0 Å². The molecule has 0 amide bonds. The number of hydrogen-bond donors (Lipinski definition) is 0. The highest BCUT2D eigenvalue weighted by atomic mass is 16.5. The van der Waals surface area contributed by atoms with Gasteiger partial charge in [-0.05, 0) is 50.4 Å². The van der Waals surface area contributed by atoms with Crippen molar-refractivity contribution in [1.82, 2.24) is 0 Å². The van der Waals surface area contributed by atoms with Crippen LogP contribution in [-0.2, 0) is 19.1 Å². The Morgan fingerprint density at radius 3 is 0.800 bits per heavy atom. The first kappa shape index (κ1) is 48.9. The van der Waals surface area contributed by atoms with Crippen LogP contribution in [0, 0.1) is 11.8 Å². The van der Waals surface area contributed by atoms with Gasteiger partial charge in [0.1, 0.15) is 0 Å². The summed E-state index contributed by atoms with van der Waals surface area (Å²) < 4.78 is 11.6. The molecule has 0 aromatic rings. The molecule has 0 spiro atoms. The van der Waals surface area contributed by atoms with Crippen LogP contribution in [0.25, 0.3) is 0 Å². The zero-order valence-corrected chi connectivity index (χ0v) is 34.7. The first-order chi connectivity index (χ1) is 24.6. The fraction of sp³-hybridized carbons (Fsp3) is 0.957. The van der Waals surface area contributed by atoms with Gasteiger partial charge in [-0.2, -0.15) is 0 Å². The summed E-state index contributed by atoms with van der Waals surface area (Å²) in [6.07, 6.45) is 44.0. The molecule has 0 N–H and O–H groups in total. The molecule has 4 heteroatoms. The van der Waals surface area contributed by atoms with Crippen molar-refractivity contribution >= 4 is 11.9 Å². The van der Waals surface area contributed by atoms with Gasteiger partial charge < -0.3 is 9.47 Å². The van der Waals surface area contributed by atoms with E-state index in [2.05, 4.69) is 27.7 Å². The van der Waals surface area contributed by atoms with Crippen LogP contribution in [0.4, 0.5) is 0 Å². The highest BCUT2D eigenvalue weighted by molar-refractivity contribution is 5.69. The Balaban J connectivity index is 4.12. The average molecular weight is 707 g/mol. The maximum atomic E-state index is 12.5. The molecule has 0 aliphatic rings. The molecule has 0 aromatic carbocycles. The van der Waals surface area contributed by atoms with Crippen molar-refractivity contribution < 1.29 is 19.1 Å². The molecular weight excluding hydrogens is 617 g/mol. The summed E-state index contributed by atoms with van der Waals surface area (Å²) in [5.74, 6) is 1.06. The van der Waals surface area contributed by atoms with Gasteiger partial charge in [0.2, 0.25) is 0 Å². The van der Waals surface area contributed by atoms with Crippen LogP contribution in [0.1, 0.15) is 259 Å². The highest BCUT2D eigenvalue weighted by Crippen LogP contribution is 2.22. The van der Waals surface area contributed by atoms with E-state index in [9.17, 15) is 9.59 Å². The molecule has 0 unspecified atom stereocenters. The maximum Gasteiger partial charge on any atom is 0.305 e. The molecule has 0 saturated carbocycles. The maximum absolute atomic E-state index is 12.5. The number of carbonyl (C=O) groups is 2. The van der Waals surface area contributed by atoms with Crippen molar-refractivity contribution in [2.24, 2.45) is 11.8 Å². The molecule has 0 aromatic heterocycles. The molecule has 4 nitrogen and oxygen atoms in total. The predicted octanol–water partition coefficient (Wildman–Crippen LogP) is 15.4. The van der Waals surface area contributed by atoms with Gasteiger partial charge in [0.15, 0.2) is 0 Å². The predicted molar refractivity (Wildman–Crippen MR) is 218 cm³/mol. The minimum Gasteiger partial charge on any atom is -0.465 e. The fourth-order valence-electron chi connectivity index (χ4n) is 7.29. The largest absolute Gasteiger partial charge is 0.465 e. The van der Waals surface area contributed by atoms with Crippen molar-refractivity contribution in [3.8, 4) is 0 Å². The lowest BCUT2D eigenvalue weighted by Crippen LogP contribution is -2.14. The van der Waals surface area contributed by atoms with Gasteiger partial charge in [-0.1, -0.05) is 207 Å². The first-order valence-electron chi connectivity index (χ1n) is 22.9. The summed E-state index contributed by atoms with van der Waals surface area (Å²) >= 11 is 0. The standard InChI is InChI=1S/C46H90O4/c1-5-9-13-17-23-29-35-43(36-30-24-18-14-10-6-2)41-49-45(47)39-33-27-21-22-28-34-40-46(48)50-42-44(37-31-25-19-15-11-7-3)38-32-26-20-16-12-8-4/h43-44H,5-42H2,1-4H3. The van der Waals surface area contributed by atoms with Gasteiger partial charge in [0, 0.05) is 12.8 Å². The highest BCUT2D eigenvalue weighted by Gasteiger charge is 2.14. The molecule has 0 atom stereocenters. The van der Waals surface area contributed by atoms with E-state index >= 15 is 0 Å². The number of carbonyl (C=O) groups excluding carboxylic acids is 2. The van der Waals surface area contributed by atoms with Gasteiger partial charge in [-0.25, -0.2) is 0 Å². The minimum atomic E-state index is -0.00470. The Morgan fingerprint density at radius 2 is 0.540 bits per heavy atom. The summed E-state index contributed by atoms with van der Waals surface area (Å²) in [5, 5.41) is 0. The zero-order valence-electron chi connectivity index (χ0n) is 34.7. The number of ether oxygens (including phenoxy) is 2. The van der Waals surface area contributed by atoms with Crippen LogP contribution in [-0.4, -0.2) is 25.2 Å². The molecule has 298 valence electrons. The molecule has 0 saturated heterocycles. The third kappa shape index (κ3) is 36.7. The third-order valence-electron chi connectivity index (χ3n) is 10.8. The monoisotopic (exact) mass is 707 g/mol. The molecule has 0 aliphatic carbocycles. The second-order valence-corrected chi connectivity index (χ2v) is 15.9. The van der Waals surface area contributed by atoms with E-state index in [4.69, 9.17) is 9.47 Å². The van der Waals surface area contributed by atoms with E-state index in [1.165, 1.54) is 180 Å². The second-order valence-electron chi connectivity index (χ2n) is 15.9. The van der Waals surface area contributed by atoms with E-state index in [0.717, 1.165) is 38.5 Å². The van der Waals surface area contributed by atoms with Gasteiger partial charge in [0.05, 0.1) is 13.2 Å². The Hall–Kier alpha value is -1.06. The molecule has 0 aliphatic heterocycles. The summed E-state index contributed by atoms with van der Waals surface area (Å²) in [7, 11) is 0.